The van der Waals surface area contributed by atoms with Crippen molar-refractivity contribution in [1.29, 1.82) is 0 Å². The number of sulfonamides is 1. The van der Waals surface area contributed by atoms with Gasteiger partial charge in [-0.3, -0.25) is 4.79 Å². The van der Waals surface area contributed by atoms with Crippen molar-refractivity contribution in [3.8, 4) is 0 Å². The zero-order valence-corrected chi connectivity index (χ0v) is 14.8. The first kappa shape index (κ1) is 18.6. The predicted octanol–water partition coefficient (Wildman–Crippen LogP) is 2.18. The molecule has 1 rings (SSSR count). The molecule has 0 radical (unpaired) electrons. The van der Waals surface area contributed by atoms with E-state index in [0.717, 1.165) is 11.1 Å². The Kier molecular flexibility index (Phi) is 6.14. The molecule has 0 spiro atoms. The van der Waals surface area contributed by atoms with Crippen molar-refractivity contribution in [3.63, 3.8) is 0 Å². The van der Waals surface area contributed by atoms with Crippen molar-refractivity contribution in [1.82, 2.24) is 10.0 Å². The van der Waals surface area contributed by atoms with Crippen LogP contribution in [0.3, 0.4) is 0 Å². The smallest absolute Gasteiger partial charge is 0.225 e. The van der Waals surface area contributed by atoms with Crippen molar-refractivity contribution in [3.05, 3.63) is 35.4 Å². The van der Waals surface area contributed by atoms with Crippen molar-refractivity contribution < 1.29 is 13.2 Å². The van der Waals surface area contributed by atoms with Gasteiger partial charge in [0.2, 0.25) is 15.9 Å². The van der Waals surface area contributed by atoms with Gasteiger partial charge >= 0.3 is 0 Å². The highest BCUT2D eigenvalue weighted by molar-refractivity contribution is 7.88. The first-order valence-corrected chi connectivity index (χ1v) is 9.01. The van der Waals surface area contributed by atoms with Gasteiger partial charge in [-0.15, -0.1) is 0 Å². The van der Waals surface area contributed by atoms with Gasteiger partial charge < -0.3 is 5.32 Å². The quantitative estimate of drug-likeness (QED) is 0.841. The highest BCUT2D eigenvalue weighted by Gasteiger charge is 2.20. The number of carbonyl (C=O) groups excluding carboxylic acids is 1. The van der Waals surface area contributed by atoms with E-state index in [1.165, 1.54) is 0 Å². The van der Waals surface area contributed by atoms with E-state index < -0.39 is 15.4 Å². The Morgan fingerprint density at radius 1 is 1.09 bits per heavy atom. The maximum absolute atomic E-state index is 11.9. The van der Waals surface area contributed by atoms with Crippen molar-refractivity contribution in [2.24, 2.45) is 5.41 Å². The number of hydrogen-bond acceptors (Lipinski definition) is 3. The number of amides is 1. The van der Waals surface area contributed by atoms with Gasteiger partial charge in [0.1, 0.15) is 0 Å². The van der Waals surface area contributed by atoms with Crippen LogP contribution in [-0.4, -0.2) is 20.4 Å². The topological polar surface area (TPSA) is 75.3 Å². The normalized spacial score (nSPS) is 12.5. The van der Waals surface area contributed by atoms with Crippen molar-refractivity contribution in [2.75, 3.05) is 0 Å². The van der Waals surface area contributed by atoms with E-state index in [0.29, 0.717) is 6.54 Å². The second-order valence-electron chi connectivity index (χ2n) is 6.78. The summed E-state index contributed by atoms with van der Waals surface area (Å²) in [5, 5.41) is 2.86. The highest BCUT2D eigenvalue weighted by Crippen LogP contribution is 2.13. The second-order valence-corrected chi connectivity index (χ2v) is 8.53. The fourth-order valence-electron chi connectivity index (χ4n) is 1.82. The third-order valence-corrected chi connectivity index (χ3v) is 4.47. The molecule has 2 N–H and O–H groups in total. The molecule has 124 valence electrons. The zero-order valence-electron chi connectivity index (χ0n) is 13.9. The van der Waals surface area contributed by atoms with Crippen LogP contribution in [0.4, 0.5) is 0 Å². The number of rotatable bonds is 6. The summed E-state index contributed by atoms with van der Waals surface area (Å²) in [5.41, 5.74) is 1.24. The standard InChI is InChI=1S/C16H26N2O3S/c1-12(2)18-22(20,21)11-14-8-6-13(7-9-14)10-17-15(19)16(3,4)5/h6-9,12,18H,10-11H2,1-5H3,(H,17,19). The molecule has 0 atom stereocenters. The van der Waals surface area contributed by atoms with E-state index >= 15 is 0 Å². The molecule has 6 heteroatoms. The molecule has 0 aromatic heterocycles. The Balaban J connectivity index is 2.62. The highest BCUT2D eigenvalue weighted by atomic mass is 32.2. The van der Waals surface area contributed by atoms with Crippen LogP contribution < -0.4 is 10.0 Å². The molecule has 0 fully saturated rings. The van der Waals surface area contributed by atoms with Crippen LogP contribution in [0.2, 0.25) is 0 Å². The second kappa shape index (κ2) is 7.24. The van der Waals surface area contributed by atoms with Crippen molar-refractivity contribution in [2.45, 2.75) is 53.0 Å². The van der Waals surface area contributed by atoms with Gasteiger partial charge in [0.05, 0.1) is 5.75 Å². The molecule has 0 saturated carbocycles. The molecule has 0 aliphatic carbocycles. The van der Waals surface area contributed by atoms with Gasteiger partial charge in [0.25, 0.3) is 0 Å². The molecule has 5 nitrogen and oxygen atoms in total. The van der Waals surface area contributed by atoms with Gasteiger partial charge in [0.15, 0.2) is 0 Å². The Hall–Kier alpha value is -1.40. The lowest BCUT2D eigenvalue weighted by atomic mass is 9.95. The summed E-state index contributed by atoms with van der Waals surface area (Å²) in [7, 11) is -3.31. The SMILES string of the molecule is CC(C)NS(=O)(=O)Cc1ccc(CNC(=O)C(C)(C)C)cc1. The molecule has 0 heterocycles. The van der Waals surface area contributed by atoms with Crippen LogP contribution in [0.15, 0.2) is 24.3 Å². The molecule has 22 heavy (non-hydrogen) atoms. The van der Waals surface area contributed by atoms with Gasteiger partial charge in [-0.05, 0) is 25.0 Å². The Morgan fingerprint density at radius 3 is 2.05 bits per heavy atom. The van der Waals surface area contributed by atoms with Gasteiger partial charge in [0, 0.05) is 18.0 Å². The summed E-state index contributed by atoms with van der Waals surface area (Å²) in [4.78, 5) is 11.8. The predicted molar refractivity (Wildman–Crippen MR) is 88.6 cm³/mol. The lowest BCUT2D eigenvalue weighted by molar-refractivity contribution is -0.128. The summed E-state index contributed by atoms with van der Waals surface area (Å²) in [6.45, 7) is 9.60. The van der Waals surface area contributed by atoms with Crippen LogP contribution in [0.25, 0.3) is 0 Å². The average molecular weight is 326 g/mol. The van der Waals surface area contributed by atoms with E-state index in [-0.39, 0.29) is 17.7 Å². The maximum Gasteiger partial charge on any atom is 0.225 e. The molecule has 0 saturated heterocycles. The summed E-state index contributed by atoms with van der Waals surface area (Å²) in [6.07, 6.45) is 0. The Morgan fingerprint density at radius 2 is 1.59 bits per heavy atom. The fraction of sp³-hybridized carbons (Fsp3) is 0.562. The van der Waals surface area contributed by atoms with E-state index in [9.17, 15) is 13.2 Å². The number of benzene rings is 1. The Labute approximate surface area is 133 Å². The fourth-order valence-corrected chi connectivity index (χ4v) is 3.25. The number of hydrogen-bond donors (Lipinski definition) is 2. The summed E-state index contributed by atoms with van der Waals surface area (Å²) >= 11 is 0. The van der Waals surface area contributed by atoms with E-state index in [2.05, 4.69) is 10.0 Å². The molecule has 0 aliphatic heterocycles. The minimum atomic E-state index is -3.31. The minimum Gasteiger partial charge on any atom is -0.352 e. The molecular formula is C16H26N2O3S. The minimum absolute atomic E-state index is 0.0136. The van der Waals surface area contributed by atoms with Crippen LogP contribution in [0.5, 0.6) is 0 Å². The molecule has 0 unspecified atom stereocenters. The van der Waals surface area contributed by atoms with Gasteiger partial charge in [-0.25, -0.2) is 13.1 Å². The monoisotopic (exact) mass is 326 g/mol. The summed E-state index contributed by atoms with van der Waals surface area (Å²) in [5.74, 6) is -0.0555. The lowest BCUT2D eigenvalue weighted by Gasteiger charge is -2.17. The van der Waals surface area contributed by atoms with E-state index in [4.69, 9.17) is 0 Å². The van der Waals surface area contributed by atoms with Crippen LogP contribution in [-0.2, 0) is 27.1 Å². The number of nitrogens with one attached hydrogen (secondary N) is 2. The summed E-state index contributed by atoms with van der Waals surface area (Å²) < 4.78 is 26.3. The number of carbonyl (C=O) groups is 1. The molecule has 1 amide bonds. The molecular weight excluding hydrogens is 300 g/mol. The maximum atomic E-state index is 11.9. The first-order chi connectivity index (χ1) is 9.99. The third kappa shape index (κ3) is 6.58. The molecule has 0 aliphatic rings. The third-order valence-electron chi connectivity index (χ3n) is 2.93. The van der Waals surface area contributed by atoms with Crippen molar-refractivity contribution >= 4 is 15.9 Å². The van der Waals surface area contributed by atoms with Crippen LogP contribution >= 0.6 is 0 Å². The summed E-state index contributed by atoms with van der Waals surface area (Å²) in [6, 6.07) is 7.11. The van der Waals surface area contributed by atoms with E-state index in [1.807, 2.05) is 32.9 Å². The Bertz CT molecular complexity index is 599. The van der Waals surface area contributed by atoms with Crippen LogP contribution in [0.1, 0.15) is 45.7 Å². The van der Waals surface area contributed by atoms with E-state index in [1.54, 1.807) is 26.0 Å². The van der Waals surface area contributed by atoms with Gasteiger partial charge in [-0.1, -0.05) is 45.0 Å². The average Bonchev–Trinajstić information content (AvgIpc) is 2.34. The molecule has 0 bridgehead atoms. The lowest BCUT2D eigenvalue weighted by Crippen LogP contribution is -2.34. The molecule has 1 aromatic carbocycles. The van der Waals surface area contributed by atoms with Crippen LogP contribution in [0, 0.1) is 5.41 Å². The largest absolute Gasteiger partial charge is 0.352 e. The molecule has 1 aromatic rings. The zero-order chi connectivity index (χ0) is 17.0. The van der Waals surface area contributed by atoms with Gasteiger partial charge in [-0.2, -0.15) is 0 Å². The first-order valence-electron chi connectivity index (χ1n) is 7.36.